The van der Waals surface area contributed by atoms with Gasteiger partial charge in [0.1, 0.15) is 11.4 Å². The Morgan fingerprint density at radius 3 is 2.62 bits per heavy atom. The van der Waals surface area contributed by atoms with E-state index >= 15 is 0 Å². The molecule has 2 aromatic carbocycles. The van der Waals surface area contributed by atoms with E-state index in [0.29, 0.717) is 11.4 Å². The van der Waals surface area contributed by atoms with E-state index in [-0.39, 0.29) is 5.75 Å². The van der Waals surface area contributed by atoms with Gasteiger partial charge in [0.25, 0.3) is 0 Å². The van der Waals surface area contributed by atoms with Crippen LogP contribution in [-0.4, -0.2) is 34.3 Å². The van der Waals surface area contributed by atoms with Crippen molar-refractivity contribution in [3.8, 4) is 17.2 Å². The summed E-state index contributed by atoms with van der Waals surface area (Å²) in [5, 5.41) is 17.8. The average molecular weight is 349 g/mol. The summed E-state index contributed by atoms with van der Waals surface area (Å²) in [6, 6.07) is 12.9. The number of hydrogen-bond acceptors (Lipinski definition) is 5. The van der Waals surface area contributed by atoms with E-state index in [4.69, 9.17) is 9.47 Å². The van der Waals surface area contributed by atoms with Crippen molar-refractivity contribution in [2.24, 2.45) is 0 Å². The summed E-state index contributed by atoms with van der Waals surface area (Å²) in [5.41, 5.74) is 2.61. The predicted octanol–water partition coefficient (Wildman–Crippen LogP) is 3.80. The summed E-state index contributed by atoms with van der Waals surface area (Å²) in [6.45, 7) is 0. The molecular weight excluding hydrogens is 330 g/mol. The number of rotatable bonds is 6. The van der Waals surface area contributed by atoms with Crippen LogP contribution in [0.15, 0.2) is 48.7 Å². The maximum absolute atomic E-state index is 9.62. The second-order valence-corrected chi connectivity index (χ2v) is 5.48. The van der Waals surface area contributed by atoms with Crippen molar-refractivity contribution in [3.63, 3.8) is 0 Å². The second kappa shape index (κ2) is 8.02. The molecule has 0 aliphatic carbocycles. The minimum Gasteiger partial charge on any atom is -0.504 e. The van der Waals surface area contributed by atoms with Gasteiger partial charge >= 0.3 is 0 Å². The van der Waals surface area contributed by atoms with Crippen molar-refractivity contribution in [2.45, 2.75) is 0 Å². The highest BCUT2D eigenvalue weighted by Crippen LogP contribution is 2.27. The van der Waals surface area contributed by atoms with Gasteiger partial charge < -0.3 is 14.6 Å². The number of nitrogens with zero attached hydrogens (tertiary/aromatic N) is 3. The zero-order valence-electron chi connectivity index (χ0n) is 14.5. The van der Waals surface area contributed by atoms with Crippen molar-refractivity contribution in [1.82, 2.24) is 15.0 Å². The van der Waals surface area contributed by atoms with Crippen LogP contribution in [-0.2, 0) is 0 Å². The third kappa shape index (κ3) is 4.30. The Morgan fingerprint density at radius 1 is 0.962 bits per heavy atom. The highest BCUT2D eigenvalue weighted by molar-refractivity contribution is 5.69. The number of benzene rings is 2. The fraction of sp³-hybridized carbons (Fsp3) is 0.100. The summed E-state index contributed by atoms with van der Waals surface area (Å²) < 4.78 is 11.9. The average Bonchev–Trinajstić information content (AvgIpc) is 3.14. The van der Waals surface area contributed by atoms with Crippen LogP contribution in [0.25, 0.3) is 24.4 Å². The number of methoxy groups -OCH3 is 2. The van der Waals surface area contributed by atoms with Gasteiger partial charge in [-0.3, -0.25) is 0 Å². The number of phenolic OH excluding ortho intramolecular Hbond substituents is 1. The smallest absolute Gasteiger partial charge is 0.161 e. The molecule has 1 N–H and O–H groups in total. The Morgan fingerprint density at radius 2 is 1.81 bits per heavy atom. The molecule has 1 heterocycles. The van der Waals surface area contributed by atoms with E-state index in [1.165, 1.54) is 7.11 Å². The summed E-state index contributed by atoms with van der Waals surface area (Å²) in [7, 11) is 3.16. The Bertz CT molecular complexity index is 945. The highest BCUT2D eigenvalue weighted by Gasteiger charge is 2.01. The molecule has 132 valence electrons. The van der Waals surface area contributed by atoms with E-state index in [0.717, 1.165) is 16.9 Å². The van der Waals surface area contributed by atoms with Crippen LogP contribution in [0.5, 0.6) is 17.2 Å². The van der Waals surface area contributed by atoms with Gasteiger partial charge in [0.2, 0.25) is 0 Å². The molecule has 0 fully saturated rings. The van der Waals surface area contributed by atoms with Gasteiger partial charge in [-0.15, -0.1) is 5.10 Å². The Labute approximate surface area is 151 Å². The molecule has 0 saturated carbocycles. The first-order valence-electron chi connectivity index (χ1n) is 7.97. The van der Waals surface area contributed by atoms with Gasteiger partial charge in [0.05, 0.1) is 20.4 Å². The molecule has 3 rings (SSSR count). The Hall–Kier alpha value is -3.54. The van der Waals surface area contributed by atoms with Gasteiger partial charge in [-0.05, 0) is 47.5 Å². The second-order valence-electron chi connectivity index (χ2n) is 5.48. The predicted molar refractivity (Wildman–Crippen MR) is 102 cm³/mol. The molecule has 0 spiro atoms. The van der Waals surface area contributed by atoms with Crippen LogP contribution in [0.2, 0.25) is 0 Å². The lowest BCUT2D eigenvalue weighted by atomic mass is 10.2. The summed E-state index contributed by atoms with van der Waals surface area (Å²) in [4.78, 5) is 0. The SMILES string of the molecule is COc1cccc(/C=C/n2cc(/C=C/c3ccc(O)c(OC)c3)nn2)c1. The van der Waals surface area contributed by atoms with E-state index < -0.39 is 0 Å². The van der Waals surface area contributed by atoms with Crippen molar-refractivity contribution in [2.75, 3.05) is 14.2 Å². The lowest BCUT2D eigenvalue weighted by Gasteiger charge is -2.03. The molecule has 0 aliphatic rings. The van der Waals surface area contributed by atoms with Crippen LogP contribution in [0.1, 0.15) is 16.8 Å². The topological polar surface area (TPSA) is 69.4 Å². The number of hydrogen-bond donors (Lipinski definition) is 1. The van der Waals surface area contributed by atoms with E-state index in [1.54, 1.807) is 30.0 Å². The summed E-state index contributed by atoms with van der Waals surface area (Å²) >= 11 is 0. The molecule has 6 heteroatoms. The first kappa shape index (κ1) is 17.3. The molecule has 0 radical (unpaired) electrons. The van der Waals surface area contributed by atoms with Crippen LogP contribution >= 0.6 is 0 Å². The van der Waals surface area contributed by atoms with E-state index in [2.05, 4.69) is 10.3 Å². The van der Waals surface area contributed by atoms with Crippen molar-refractivity contribution < 1.29 is 14.6 Å². The molecule has 0 bridgehead atoms. The van der Waals surface area contributed by atoms with Crippen LogP contribution in [0.3, 0.4) is 0 Å². The third-order valence-corrected chi connectivity index (χ3v) is 3.69. The number of phenols is 1. The fourth-order valence-electron chi connectivity index (χ4n) is 2.33. The molecule has 26 heavy (non-hydrogen) atoms. The minimum atomic E-state index is 0.110. The van der Waals surface area contributed by atoms with Crippen LogP contribution in [0, 0.1) is 0 Å². The molecule has 0 saturated heterocycles. The van der Waals surface area contributed by atoms with Gasteiger partial charge in [-0.25, -0.2) is 4.68 Å². The number of aromatic nitrogens is 3. The van der Waals surface area contributed by atoms with Gasteiger partial charge in [-0.1, -0.05) is 29.5 Å². The maximum atomic E-state index is 9.62. The van der Waals surface area contributed by atoms with Crippen molar-refractivity contribution in [3.05, 3.63) is 65.5 Å². The zero-order valence-corrected chi connectivity index (χ0v) is 14.5. The lowest BCUT2D eigenvalue weighted by Crippen LogP contribution is -1.86. The maximum Gasteiger partial charge on any atom is 0.161 e. The largest absolute Gasteiger partial charge is 0.504 e. The summed E-state index contributed by atoms with van der Waals surface area (Å²) in [5.74, 6) is 1.34. The quantitative estimate of drug-likeness (QED) is 0.733. The normalized spacial score (nSPS) is 11.3. The minimum absolute atomic E-state index is 0.110. The molecule has 3 aromatic rings. The zero-order chi connectivity index (χ0) is 18.4. The van der Waals surface area contributed by atoms with Crippen LogP contribution in [0.4, 0.5) is 0 Å². The fourth-order valence-corrected chi connectivity index (χ4v) is 2.33. The van der Waals surface area contributed by atoms with Gasteiger partial charge in [-0.2, -0.15) is 0 Å². The van der Waals surface area contributed by atoms with Gasteiger partial charge in [0, 0.05) is 6.20 Å². The molecule has 6 nitrogen and oxygen atoms in total. The monoisotopic (exact) mass is 349 g/mol. The molecular formula is C20H19N3O3. The molecule has 1 aromatic heterocycles. The van der Waals surface area contributed by atoms with E-state index in [9.17, 15) is 5.11 Å². The summed E-state index contributed by atoms with van der Waals surface area (Å²) in [6.07, 6.45) is 9.28. The highest BCUT2D eigenvalue weighted by atomic mass is 16.5. The van der Waals surface area contributed by atoms with Crippen LogP contribution < -0.4 is 9.47 Å². The molecule has 0 unspecified atom stereocenters. The molecule has 0 atom stereocenters. The first-order chi connectivity index (χ1) is 12.7. The van der Waals surface area contributed by atoms with Crippen molar-refractivity contribution >= 4 is 24.4 Å². The lowest BCUT2D eigenvalue weighted by molar-refractivity contribution is 0.373. The Balaban J connectivity index is 1.70. The van der Waals surface area contributed by atoms with Gasteiger partial charge in [0.15, 0.2) is 11.5 Å². The molecule has 0 aliphatic heterocycles. The molecule has 0 amide bonds. The first-order valence-corrected chi connectivity index (χ1v) is 7.97. The number of ether oxygens (including phenoxy) is 2. The number of aromatic hydroxyl groups is 1. The van der Waals surface area contributed by atoms with Crippen molar-refractivity contribution in [1.29, 1.82) is 0 Å². The Kier molecular flexibility index (Phi) is 5.34. The third-order valence-electron chi connectivity index (χ3n) is 3.69. The van der Waals surface area contributed by atoms with E-state index in [1.807, 2.05) is 54.9 Å². The standard InChI is InChI=1S/C20H19N3O3/c1-25-18-5-3-4-15(12-18)10-11-23-14-17(21-22-23)8-6-16-7-9-19(24)20(13-16)26-2/h3-14,24H,1-2H3/b8-6+,11-10+.